The van der Waals surface area contributed by atoms with E-state index in [-0.39, 0.29) is 0 Å². The van der Waals surface area contributed by atoms with Gasteiger partial charge in [-0.1, -0.05) is 36.8 Å². The summed E-state index contributed by atoms with van der Waals surface area (Å²) in [4.78, 5) is 10.4. The number of aromatic nitrogens is 2. The quantitative estimate of drug-likeness (QED) is 0.665. The summed E-state index contributed by atoms with van der Waals surface area (Å²) in [6.45, 7) is 6.76. The Morgan fingerprint density at radius 2 is 1.86 bits per heavy atom. The summed E-state index contributed by atoms with van der Waals surface area (Å²) in [7, 11) is 0. The molecule has 3 aliphatic rings. The molecule has 2 aromatic carbocycles. The van der Waals surface area contributed by atoms with Crippen LogP contribution in [0, 0.1) is 0 Å². The first-order valence-electron chi connectivity index (χ1n) is 11.3. The molecule has 29 heavy (non-hydrogen) atoms. The van der Waals surface area contributed by atoms with Crippen molar-refractivity contribution in [3.8, 4) is 0 Å². The number of rotatable bonds is 2. The second-order valence-electron chi connectivity index (χ2n) is 9.12. The molecule has 3 aromatic rings. The summed E-state index contributed by atoms with van der Waals surface area (Å²) in [5.41, 5.74) is 6.93. The van der Waals surface area contributed by atoms with E-state index in [0.29, 0.717) is 6.04 Å². The van der Waals surface area contributed by atoms with Gasteiger partial charge in [-0.2, -0.15) is 0 Å². The Bertz CT molecular complexity index is 1040. The molecule has 1 unspecified atom stereocenters. The fraction of sp³-hybridized carbons (Fsp3) is 0.480. The zero-order valence-electron chi connectivity index (χ0n) is 17.2. The van der Waals surface area contributed by atoms with E-state index in [1.54, 1.807) is 0 Å². The molecule has 6 rings (SSSR count). The lowest BCUT2D eigenvalue weighted by Gasteiger charge is -2.33. The van der Waals surface area contributed by atoms with E-state index in [4.69, 9.17) is 4.98 Å². The summed E-state index contributed by atoms with van der Waals surface area (Å²) in [6.07, 6.45) is 6.36. The van der Waals surface area contributed by atoms with Gasteiger partial charge in [-0.15, -0.1) is 0 Å². The molecule has 1 fully saturated rings. The van der Waals surface area contributed by atoms with Crippen molar-refractivity contribution in [2.45, 2.75) is 57.8 Å². The molecule has 3 aliphatic heterocycles. The molecule has 0 aliphatic carbocycles. The van der Waals surface area contributed by atoms with Crippen LogP contribution < -0.4 is 0 Å². The van der Waals surface area contributed by atoms with Gasteiger partial charge in [-0.25, -0.2) is 4.98 Å². The van der Waals surface area contributed by atoms with Crippen LogP contribution in [-0.4, -0.2) is 45.0 Å². The molecule has 4 heteroatoms. The Morgan fingerprint density at radius 1 is 0.931 bits per heavy atom. The fourth-order valence-corrected chi connectivity index (χ4v) is 5.70. The lowest BCUT2D eigenvalue weighted by molar-refractivity contribution is 0.152. The second-order valence-corrected chi connectivity index (χ2v) is 9.12. The Labute approximate surface area is 173 Å². The SMILES string of the molecule is c1ccc2c(c1)CCN(Cc1ccc3c(c1)nc1n3CCN3CCCCC3C1)C2. The largest absolute Gasteiger partial charge is 0.327 e. The van der Waals surface area contributed by atoms with Crippen LogP contribution >= 0.6 is 0 Å². The highest BCUT2D eigenvalue weighted by molar-refractivity contribution is 5.77. The molecule has 1 saturated heterocycles. The number of nitrogens with zero attached hydrogens (tertiary/aromatic N) is 4. The minimum atomic E-state index is 0.703. The summed E-state index contributed by atoms with van der Waals surface area (Å²) in [6, 6.07) is 16.6. The summed E-state index contributed by atoms with van der Waals surface area (Å²) in [5, 5.41) is 0. The summed E-state index contributed by atoms with van der Waals surface area (Å²) >= 11 is 0. The maximum absolute atomic E-state index is 5.11. The van der Waals surface area contributed by atoms with Crippen molar-refractivity contribution in [2.24, 2.45) is 0 Å². The number of hydrogen-bond acceptors (Lipinski definition) is 3. The Hall–Kier alpha value is -2.17. The van der Waals surface area contributed by atoms with Crippen molar-refractivity contribution in [3.63, 3.8) is 0 Å². The molecule has 4 nitrogen and oxygen atoms in total. The van der Waals surface area contributed by atoms with Crippen LogP contribution in [0.1, 0.15) is 41.8 Å². The number of hydrogen-bond donors (Lipinski definition) is 0. The topological polar surface area (TPSA) is 24.3 Å². The van der Waals surface area contributed by atoms with Crippen LogP contribution in [0.5, 0.6) is 0 Å². The molecular weight excluding hydrogens is 356 g/mol. The lowest BCUT2D eigenvalue weighted by atomic mass is 9.99. The van der Waals surface area contributed by atoms with Gasteiger partial charge in [0.15, 0.2) is 0 Å². The standard InChI is InChI=1S/C25H30N4/c1-2-6-21-18-27(12-10-20(21)5-1)17-19-8-9-24-23(15-19)26-25-16-22-7-3-4-11-28(22)13-14-29(24)25/h1-2,5-6,8-9,15,22H,3-4,7,10-14,16-18H2. The van der Waals surface area contributed by atoms with Crippen LogP contribution in [0.4, 0.5) is 0 Å². The van der Waals surface area contributed by atoms with Gasteiger partial charge in [-0.3, -0.25) is 9.80 Å². The van der Waals surface area contributed by atoms with Gasteiger partial charge < -0.3 is 4.57 Å². The highest BCUT2D eigenvalue weighted by Crippen LogP contribution is 2.27. The zero-order valence-corrected chi connectivity index (χ0v) is 17.2. The molecule has 0 amide bonds. The van der Waals surface area contributed by atoms with Crippen molar-refractivity contribution < 1.29 is 0 Å². The predicted molar refractivity (Wildman–Crippen MR) is 117 cm³/mol. The summed E-state index contributed by atoms with van der Waals surface area (Å²) < 4.78 is 2.49. The highest BCUT2D eigenvalue weighted by Gasteiger charge is 2.28. The third-order valence-corrected chi connectivity index (χ3v) is 7.29. The fourth-order valence-electron chi connectivity index (χ4n) is 5.70. The minimum Gasteiger partial charge on any atom is -0.327 e. The zero-order chi connectivity index (χ0) is 19.2. The Kier molecular flexibility index (Phi) is 4.42. The van der Waals surface area contributed by atoms with Gasteiger partial charge in [0.25, 0.3) is 0 Å². The third-order valence-electron chi connectivity index (χ3n) is 7.29. The molecule has 1 atom stereocenters. The van der Waals surface area contributed by atoms with E-state index in [1.165, 1.54) is 65.9 Å². The van der Waals surface area contributed by atoms with Crippen molar-refractivity contribution in [3.05, 3.63) is 65.0 Å². The van der Waals surface area contributed by atoms with Gasteiger partial charge in [0.1, 0.15) is 5.82 Å². The van der Waals surface area contributed by atoms with Gasteiger partial charge in [-0.05, 0) is 54.6 Å². The first-order valence-corrected chi connectivity index (χ1v) is 11.3. The van der Waals surface area contributed by atoms with Gasteiger partial charge in [0.05, 0.1) is 11.0 Å². The molecule has 1 aromatic heterocycles. The van der Waals surface area contributed by atoms with Crippen molar-refractivity contribution in [1.29, 1.82) is 0 Å². The van der Waals surface area contributed by atoms with E-state index in [2.05, 4.69) is 56.8 Å². The van der Waals surface area contributed by atoms with Crippen LogP contribution in [0.2, 0.25) is 0 Å². The molecule has 0 bridgehead atoms. The second kappa shape index (κ2) is 7.26. The highest BCUT2D eigenvalue weighted by atomic mass is 15.2. The average molecular weight is 387 g/mol. The molecule has 4 heterocycles. The van der Waals surface area contributed by atoms with Crippen LogP contribution in [0.3, 0.4) is 0 Å². The van der Waals surface area contributed by atoms with Gasteiger partial charge >= 0.3 is 0 Å². The number of imidazole rings is 1. The van der Waals surface area contributed by atoms with E-state index in [9.17, 15) is 0 Å². The smallest absolute Gasteiger partial charge is 0.111 e. The Morgan fingerprint density at radius 3 is 2.83 bits per heavy atom. The van der Waals surface area contributed by atoms with Crippen LogP contribution in [0.25, 0.3) is 11.0 Å². The van der Waals surface area contributed by atoms with Gasteiger partial charge in [0.2, 0.25) is 0 Å². The number of fused-ring (bicyclic) bond motifs is 5. The average Bonchev–Trinajstić information content (AvgIpc) is 2.98. The normalized spacial score (nSPS) is 22.7. The predicted octanol–water partition coefficient (Wildman–Crippen LogP) is 4.01. The van der Waals surface area contributed by atoms with Crippen molar-refractivity contribution in [2.75, 3.05) is 19.6 Å². The first-order chi connectivity index (χ1) is 14.3. The van der Waals surface area contributed by atoms with Crippen molar-refractivity contribution >= 4 is 11.0 Å². The molecular formula is C25H30N4. The van der Waals surface area contributed by atoms with E-state index >= 15 is 0 Å². The number of benzene rings is 2. The lowest BCUT2D eigenvalue weighted by Crippen LogP contribution is -2.40. The maximum Gasteiger partial charge on any atom is 0.111 e. The maximum atomic E-state index is 5.11. The Balaban J connectivity index is 1.24. The van der Waals surface area contributed by atoms with E-state index < -0.39 is 0 Å². The van der Waals surface area contributed by atoms with E-state index in [0.717, 1.165) is 39.0 Å². The molecule has 0 spiro atoms. The molecule has 0 radical (unpaired) electrons. The minimum absolute atomic E-state index is 0.703. The monoisotopic (exact) mass is 386 g/mol. The molecule has 0 saturated carbocycles. The van der Waals surface area contributed by atoms with Crippen LogP contribution in [0.15, 0.2) is 42.5 Å². The summed E-state index contributed by atoms with van der Waals surface area (Å²) in [5.74, 6) is 1.30. The van der Waals surface area contributed by atoms with E-state index in [1.807, 2.05) is 0 Å². The molecule has 150 valence electrons. The van der Waals surface area contributed by atoms with Crippen LogP contribution in [-0.2, 0) is 32.5 Å². The van der Waals surface area contributed by atoms with Gasteiger partial charge in [0, 0.05) is 45.2 Å². The first kappa shape index (κ1) is 17.7. The van der Waals surface area contributed by atoms with Crippen molar-refractivity contribution in [1.82, 2.24) is 19.4 Å². The third kappa shape index (κ3) is 3.28. The molecule has 0 N–H and O–H groups in total. The number of piperidine rings is 1.